The Morgan fingerprint density at radius 3 is 2.77 bits per heavy atom. The van der Waals surface area contributed by atoms with E-state index in [4.69, 9.17) is 9.84 Å². The molecule has 1 atom stereocenters. The summed E-state index contributed by atoms with van der Waals surface area (Å²) in [7, 11) is 0. The van der Waals surface area contributed by atoms with E-state index in [2.05, 4.69) is 4.98 Å². The number of hydrogen-bond acceptors (Lipinski definition) is 4. The van der Waals surface area contributed by atoms with Crippen molar-refractivity contribution in [2.45, 2.75) is 26.8 Å². The van der Waals surface area contributed by atoms with E-state index in [9.17, 15) is 14.4 Å². The molecule has 0 saturated heterocycles. The van der Waals surface area contributed by atoms with Crippen molar-refractivity contribution in [1.29, 1.82) is 0 Å². The normalized spacial score (nSPS) is 12.2. The fraction of sp³-hybridized carbons (Fsp3) is 0.500. The van der Waals surface area contributed by atoms with Crippen molar-refractivity contribution < 1.29 is 19.4 Å². The van der Waals surface area contributed by atoms with Crippen LogP contribution in [0.25, 0.3) is 11.0 Å². The van der Waals surface area contributed by atoms with Crippen LogP contribution in [0.2, 0.25) is 0 Å². The quantitative estimate of drug-likeness (QED) is 0.619. The van der Waals surface area contributed by atoms with E-state index in [1.165, 1.54) is 9.47 Å². The molecule has 0 spiro atoms. The number of imidazole rings is 1. The Morgan fingerprint density at radius 2 is 2.08 bits per heavy atom. The summed E-state index contributed by atoms with van der Waals surface area (Å²) in [5.74, 6) is -1.94. The number of ether oxygens (including phenoxy) is 1. The molecule has 2 N–H and O–H groups in total. The van der Waals surface area contributed by atoms with Gasteiger partial charge < -0.3 is 19.7 Å². The molecule has 26 heavy (non-hydrogen) atoms. The van der Waals surface area contributed by atoms with Crippen molar-refractivity contribution in [2.75, 3.05) is 26.3 Å². The number of fused-ring (bicyclic) bond motifs is 1. The predicted octanol–water partition coefficient (Wildman–Crippen LogP) is 1.31. The van der Waals surface area contributed by atoms with Crippen LogP contribution in [0.1, 0.15) is 20.3 Å². The zero-order chi connectivity index (χ0) is 19.1. The second-order valence-electron chi connectivity index (χ2n) is 6.16. The number of rotatable bonds is 10. The van der Waals surface area contributed by atoms with E-state index in [0.29, 0.717) is 37.2 Å². The third-order valence-corrected chi connectivity index (χ3v) is 4.16. The van der Waals surface area contributed by atoms with Gasteiger partial charge in [-0.3, -0.25) is 14.2 Å². The van der Waals surface area contributed by atoms with Crippen LogP contribution in [-0.4, -0.2) is 57.7 Å². The number of nitrogens with one attached hydrogen (secondary N) is 1. The minimum absolute atomic E-state index is 0.0946. The van der Waals surface area contributed by atoms with Crippen molar-refractivity contribution in [3.8, 4) is 0 Å². The maximum absolute atomic E-state index is 12.7. The number of benzene rings is 1. The first kappa shape index (κ1) is 19.7. The first-order valence-corrected chi connectivity index (χ1v) is 8.70. The molecule has 0 aliphatic rings. The van der Waals surface area contributed by atoms with Crippen LogP contribution in [0.5, 0.6) is 0 Å². The molecule has 142 valence electrons. The number of aromatic nitrogens is 2. The summed E-state index contributed by atoms with van der Waals surface area (Å²) in [4.78, 5) is 40.3. The standard InChI is InChI=1S/C18H25N3O5/c1-3-26-10-6-9-20(11-13(2)17(23)24)16(22)12-21-15-8-5-4-7-14(15)19-18(21)25/h4-5,7-8,13H,3,6,9-12H2,1-2H3,(H,19,25)(H,23,24). The Balaban J connectivity index is 2.14. The molecular weight excluding hydrogens is 338 g/mol. The van der Waals surface area contributed by atoms with Gasteiger partial charge in [0, 0.05) is 26.3 Å². The molecule has 0 bridgehead atoms. The summed E-state index contributed by atoms with van der Waals surface area (Å²) in [5.41, 5.74) is 0.943. The molecule has 2 aromatic rings. The molecule has 1 aromatic carbocycles. The number of carboxylic acids is 1. The smallest absolute Gasteiger partial charge is 0.326 e. The number of hydrogen-bond donors (Lipinski definition) is 2. The van der Waals surface area contributed by atoms with E-state index < -0.39 is 11.9 Å². The molecule has 1 unspecified atom stereocenters. The van der Waals surface area contributed by atoms with Crippen molar-refractivity contribution in [3.05, 3.63) is 34.7 Å². The van der Waals surface area contributed by atoms with Gasteiger partial charge in [-0.25, -0.2) is 4.79 Å². The molecule has 0 fully saturated rings. The molecule has 0 saturated carbocycles. The van der Waals surface area contributed by atoms with Crippen molar-refractivity contribution in [1.82, 2.24) is 14.5 Å². The van der Waals surface area contributed by atoms with Crippen molar-refractivity contribution in [2.24, 2.45) is 5.92 Å². The summed E-state index contributed by atoms with van der Waals surface area (Å²) >= 11 is 0. The van der Waals surface area contributed by atoms with Crippen LogP contribution in [0.3, 0.4) is 0 Å². The summed E-state index contributed by atoms with van der Waals surface area (Å²) < 4.78 is 6.66. The molecule has 1 amide bonds. The second-order valence-corrected chi connectivity index (χ2v) is 6.16. The van der Waals surface area contributed by atoms with Crippen LogP contribution in [0.4, 0.5) is 0 Å². The van der Waals surface area contributed by atoms with Gasteiger partial charge in [-0.1, -0.05) is 19.1 Å². The number of H-pyrrole nitrogens is 1. The Hall–Kier alpha value is -2.61. The number of para-hydroxylation sites is 2. The topological polar surface area (TPSA) is 105 Å². The number of carbonyl (C=O) groups excluding carboxylic acids is 1. The molecule has 8 heteroatoms. The fourth-order valence-electron chi connectivity index (χ4n) is 2.73. The van der Waals surface area contributed by atoms with Gasteiger partial charge in [0.15, 0.2) is 0 Å². The molecule has 0 aliphatic heterocycles. The highest BCUT2D eigenvalue weighted by atomic mass is 16.5. The molecule has 8 nitrogen and oxygen atoms in total. The van der Waals surface area contributed by atoms with E-state index >= 15 is 0 Å². The van der Waals surface area contributed by atoms with E-state index in [-0.39, 0.29) is 24.7 Å². The third kappa shape index (κ3) is 4.95. The van der Waals surface area contributed by atoms with Crippen LogP contribution in [0, 0.1) is 5.92 Å². The van der Waals surface area contributed by atoms with E-state index in [0.717, 1.165) is 0 Å². The number of carbonyl (C=O) groups is 2. The SMILES string of the molecule is CCOCCCN(CC(C)C(=O)O)C(=O)Cn1c(=O)[nH]c2ccccc21. The molecule has 0 aliphatic carbocycles. The largest absolute Gasteiger partial charge is 0.481 e. The minimum Gasteiger partial charge on any atom is -0.481 e. The summed E-state index contributed by atoms with van der Waals surface area (Å²) in [5, 5.41) is 9.14. The fourth-order valence-corrected chi connectivity index (χ4v) is 2.73. The Bertz CT molecular complexity index is 811. The average molecular weight is 363 g/mol. The van der Waals surface area contributed by atoms with Crippen LogP contribution in [-0.2, 0) is 20.9 Å². The molecule has 1 heterocycles. The van der Waals surface area contributed by atoms with Crippen molar-refractivity contribution >= 4 is 22.9 Å². The summed E-state index contributed by atoms with van der Waals surface area (Å²) in [6, 6.07) is 7.13. The van der Waals surface area contributed by atoms with E-state index in [1.54, 1.807) is 31.2 Å². The summed E-state index contributed by atoms with van der Waals surface area (Å²) in [6.07, 6.45) is 0.606. The van der Waals surface area contributed by atoms with Gasteiger partial charge in [-0.15, -0.1) is 0 Å². The number of amides is 1. The van der Waals surface area contributed by atoms with E-state index in [1.807, 2.05) is 6.92 Å². The highest BCUT2D eigenvalue weighted by molar-refractivity contribution is 5.81. The zero-order valence-corrected chi connectivity index (χ0v) is 15.1. The maximum atomic E-state index is 12.7. The Morgan fingerprint density at radius 1 is 1.35 bits per heavy atom. The number of aliphatic carboxylic acids is 1. The first-order valence-electron chi connectivity index (χ1n) is 8.70. The average Bonchev–Trinajstić information content (AvgIpc) is 2.92. The molecule has 1 aromatic heterocycles. The van der Waals surface area contributed by atoms with Gasteiger partial charge in [0.2, 0.25) is 5.91 Å². The molecule has 0 radical (unpaired) electrons. The highest BCUT2D eigenvalue weighted by Gasteiger charge is 2.21. The number of aromatic amines is 1. The predicted molar refractivity (Wildman–Crippen MR) is 97.0 cm³/mol. The zero-order valence-electron chi connectivity index (χ0n) is 15.1. The van der Waals surface area contributed by atoms with Gasteiger partial charge in [0.1, 0.15) is 6.54 Å². The van der Waals surface area contributed by atoms with Crippen LogP contribution >= 0.6 is 0 Å². The van der Waals surface area contributed by atoms with Gasteiger partial charge in [-0.05, 0) is 25.5 Å². The monoisotopic (exact) mass is 363 g/mol. The molecular formula is C18H25N3O5. The lowest BCUT2D eigenvalue weighted by Gasteiger charge is -2.24. The van der Waals surface area contributed by atoms with Gasteiger partial charge in [0.05, 0.1) is 17.0 Å². The third-order valence-electron chi connectivity index (χ3n) is 4.16. The Labute approximate surface area is 151 Å². The lowest BCUT2D eigenvalue weighted by molar-refractivity contribution is -0.143. The number of carboxylic acid groups (broad SMARTS) is 1. The summed E-state index contributed by atoms with van der Waals surface area (Å²) in [6.45, 7) is 4.87. The number of nitrogens with zero attached hydrogens (tertiary/aromatic N) is 2. The van der Waals surface area contributed by atoms with Gasteiger partial charge in [-0.2, -0.15) is 0 Å². The Kier molecular flexibility index (Phi) is 6.97. The van der Waals surface area contributed by atoms with Crippen LogP contribution in [0.15, 0.2) is 29.1 Å². The van der Waals surface area contributed by atoms with Crippen LogP contribution < -0.4 is 5.69 Å². The minimum atomic E-state index is -0.961. The maximum Gasteiger partial charge on any atom is 0.326 e. The molecule has 2 rings (SSSR count). The van der Waals surface area contributed by atoms with Gasteiger partial charge >= 0.3 is 11.7 Å². The highest BCUT2D eigenvalue weighted by Crippen LogP contribution is 2.10. The lowest BCUT2D eigenvalue weighted by atomic mass is 10.1. The second kappa shape index (κ2) is 9.19. The lowest BCUT2D eigenvalue weighted by Crippen LogP contribution is -2.41. The van der Waals surface area contributed by atoms with Gasteiger partial charge in [0.25, 0.3) is 0 Å². The first-order chi connectivity index (χ1) is 12.4. The van der Waals surface area contributed by atoms with Crippen molar-refractivity contribution in [3.63, 3.8) is 0 Å².